The molecule has 2 amide bonds. The van der Waals surface area contributed by atoms with Crippen molar-refractivity contribution in [2.45, 2.75) is 45.1 Å². The zero-order valence-corrected chi connectivity index (χ0v) is 15.4. The van der Waals surface area contributed by atoms with Crippen LogP contribution in [-0.4, -0.2) is 43.1 Å². The Balaban J connectivity index is 2.11. The number of benzene rings is 1. The zero-order chi connectivity index (χ0) is 19.4. The minimum atomic E-state index is -2.52. The third-order valence-electron chi connectivity index (χ3n) is 4.39. The number of nitrogens with one attached hydrogen (secondary N) is 3. The van der Waals surface area contributed by atoms with Gasteiger partial charge in [0.1, 0.15) is 6.29 Å². The van der Waals surface area contributed by atoms with Crippen LogP contribution in [0.15, 0.2) is 24.3 Å². The maximum Gasteiger partial charge on any atom is 0.263 e. The van der Waals surface area contributed by atoms with Gasteiger partial charge in [-0.3, -0.25) is 19.8 Å². The average Bonchev–Trinajstić information content (AvgIpc) is 2.58. The molecule has 1 saturated heterocycles. The highest BCUT2D eigenvalue weighted by Gasteiger charge is 2.33. The Morgan fingerprint density at radius 2 is 1.77 bits per heavy atom. The summed E-state index contributed by atoms with van der Waals surface area (Å²) in [5.74, 6) is -0.438. The van der Waals surface area contributed by atoms with Crippen molar-refractivity contribution in [1.82, 2.24) is 20.9 Å². The first-order chi connectivity index (χ1) is 12.2. The summed E-state index contributed by atoms with van der Waals surface area (Å²) in [6.07, 6.45) is -2.90. The Bertz CT molecular complexity index is 635. The lowest BCUT2D eigenvalue weighted by atomic mass is 9.94. The number of hydrogen-bond acceptors (Lipinski definition) is 4. The number of nitrogens with zero attached hydrogens (tertiary/aromatic N) is 1. The fourth-order valence-corrected chi connectivity index (χ4v) is 2.87. The average molecular weight is 368 g/mol. The SMILES string of the molecule is CC(C)[C@@H](NC(=O)C1CC(=O)NC(N(C)C)N1)c1ccc(C(F)F)cc1. The number of amides is 2. The Morgan fingerprint density at radius 1 is 1.19 bits per heavy atom. The molecule has 1 aliphatic heterocycles. The predicted octanol–water partition coefficient (Wildman–Crippen LogP) is 1.76. The molecule has 0 aromatic heterocycles. The topological polar surface area (TPSA) is 73.5 Å². The molecular formula is C18H26F2N4O2. The molecular weight excluding hydrogens is 342 g/mol. The van der Waals surface area contributed by atoms with Gasteiger partial charge in [0.05, 0.1) is 18.5 Å². The van der Waals surface area contributed by atoms with E-state index in [1.807, 2.05) is 13.8 Å². The molecule has 1 heterocycles. The van der Waals surface area contributed by atoms with Gasteiger partial charge in [0.2, 0.25) is 11.8 Å². The van der Waals surface area contributed by atoms with E-state index in [1.165, 1.54) is 12.1 Å². The van der Waals surface area contributed by atoms with Crippen LogP contribution in [0.5, 0.6) is 0 Å². The Kier molecular flexibility index (Phi) is 6.66. The normalized spacial score (nSPS) is 21.8. The van der Waals surface area contributed by atoms with Crippen LogP contribution >= 0.6 is 0 Å². The van der Waals surface area contributed by atoms with E-state index < -0.39 is 18.8 Å². The van der Waals surface area contributed by atoms with Crippen LogP contribution in [0.2, 0.25) is 0 Å². The molecule has 0 aliphatic carbocycles. The maximum atomic E-state index is 12.7. The van der Waals surface area contributed by atoms with Crippen molar-refractivity contribution in [1.29, 1.82) is 0 Å². The lowest BCUT2D eigenvalue weighted by Crippen LogP contribution is -2.65. The summed E-state index contributed by atoms with van der Waals surface area (Å²) in [4.78, 5) is 26.3. The molecule has 8 heteroatoms. The second-order valence-electron chi connectivity index (χ2n) is 7.05. The Hall–Kier alpha value is -2.06. The summed E-state index contributed by atoms with van der Waals surface area (Å²) >= 11 is 0. The zero-order valence-electron chi connectivity index (χ0n) is 15.4. The van der Waals surface area contributed by atoms with Crippen molar-refractivity contribution < 1.29 is 18.4 Å². The van der Waals surface area contributed by atoms with E-state index in [-0.39, 0.29) is 35.8 Å². The van der Waals surface area contributed by atoms with Gasteiger partial charge in [-0.2, -0.15) is 0 Å². The molecule has 1 aliphatic rings. The summed E-state index contributed by atoms with van der Waals surface area (Å²) in [5.41, 5.74) is 0.698. The number of rotatable bonds is 6. The third-order valence-corrected chi connectivity index (χ3v) is 4.39. The van der Waals surface area contributed by atoms with Gasteiger partial charge < -0.3 is 10.6 Å². The van der Waals surface area contributed by atoms with Gasteiger partial charge in [-0.1, -0.05) is 38.1 Å². The van der Waals surface area contributed by atoms with Crippen LogP contribution < -0.4 is 16.0 Å². The standard InChI is InChI=1S/C18H26F2N4O2/c1-10(2)15(11-5-7-12(8-6-11)16(19)20)23-17(26)13-9-14(25)22-18(21-13)24(3)4/h5-8,10,13,15-16,18,21H,9H2,1-4H3,(H,22,25)(H,23,26)/t13?,15-,18?/m1/s1. The largest absolute Gasteiger partial charge is 0.348 e. The van der Waals surface area contributed by atoms with Crippen LogP contribution in [0.25, 0.3) is 0 Å². The first-order valence-electron chi connectivity index (χ1n) is 8.59. The van der Waals surface area contributed by atoms with Crippen molar-refractivity contribution in [2.75, 3.05) is 14.1 Å². The van der Waals surface area contributed by atoms with Crippen LogP contribution in [-0.2, 0) is 9.59 Å². The number of carbonyl (C=O) groups excluding carboxylic acids is 2. The minimum Gasteiger partial charge on any atom is -0.348 e. The smallest absolute Gasteiger partial charge is 0.263 e. The molecule has 2 unspecified atom stereocenters. The predicted molar refractivity (Wildman–Crippen MR) is 94.3 cm³/mol. The highest BCUT2D eigenvalue weighted by molar-refractivity contribution is 5.89. The van der Waals surface area contributed by atoms with Crippen LogP contribution in [0.3, 0.4) is 0 Å². The van der Waals surface area contributed by atoms with Gasteiger partial charge in [0.15, 0.2) is 0 Å². The van der Waals surface area contributed by atoms with Gasteiger partial charge in [-0.25, -0.2) is 8.78 Å². The number of alkyl halides is 2. The van der Waals surface area contributed by atoms with Crippen LogP contribution in [0, 0.1) is 5.92 Å². The second-order valence-corrected chi connectivity index (χ2v) is 7.05. The van der Waals surface area contributed by atoms with E-state index in [1.54, 1.807) is 31.1 Å². The van der Waals surface area contributed by atoms with Crippen LogP contribution in [0.4, 0.5) is 8.78 Å². The fourth-order valence-electron chi connectivity index (χ4n) is 2.87. The van der Waals surface area contributed by atoms with Gasteiger partial charge in [-0.15, -0.1) is 0 Å². The maximum absolute atomic E-state index is 12.7. The molecule has 1 aromatic carbocycles. The second kappa shape index (κ2) is 8.55. The number of hydrogen-bond donors (Lipinski definition) is 3. The minimum absolute atomic E-state index is 0.0469. The number of halogens is 2. The van der Waals surface area contributed by atoms with E-state index in [4.69, 9.17) is 0 Å². The van der Waals surface area contributed by atoms with Gasteiger partial charge in [0, 0.05) is 5.56 Å². The summed E-state index contributed by atoms with van der Waals surface area (Å²) in [7, 11) is 3.58. The Morgan fingerprint density at radius 3 is 2.27 bits per heavy atom. The lowest BCUT2D eigenvalue weighted by molar-refractivity contribution is -0.134. The van der Waals surface area contributed by atoms with Gasteiger partial charge >= 0.3 is 0 Å². The van der Waals surface area contributed by atoms with Gasteiger partial charge in [0.25, 0.3) is 6.43 Å². The molecule has 1 fully saturated rings. The fraction of sp³-hybridized carbons (Fsp3) is 0.556. The molecule has 144 valence electrons. The first kappa shape index (κ1) is 20.3. The molecule has 0 spiro atoms. The first-order valence-corrected chi connectivity index (χ1v) is 8.59. The highest BCUT2D eigenvalue weighted by Crippen LogP contribution is 2.25. The van der Waals surface area contributed by atoms with E-state index in [2.05, 4.69) is 16.0 Å². The summed E-state index contributed by atoms with van der Waals surface area (Å²) in [6.45, 7) is 3.88. The third kappa shape index (κ3) is 4.98. The molecule has 26 heavy (non-hydrogen) atoms. The monoisotopic (exact) mass is 368 g/mol. The number of carbonyl (C=O) groups is 2. The molecule has 3 N–H and O–H groups in total. The van der Waals surface area contributed by atoms with E-state index in [0.29, 0.717) is 0 Å². The molecule has 0 bridgehead atoms. The summed E-state index contributed by atoms with van der Waals surface area (Å²) in [6, 6.07) is 4.97. The summed E-state index contributed by atoms with van der Waals surface area (Å²) < 4.78 is 25.5. The molecule has 0 radical (unpaired) electrons. The molecule has 1 aromatic rings. The van der Waals surface area contributed by atoms with Gasteiger partial charge in [-0.05, 0) is 25.6 Å². The Labute approximate surface area is 152 Å². The van der Waals surface area contributed by atoms with Crippen molar-refractivity contribution in [2.24, 2.45) is 5.92 Å². The quantitative estimate of drug-likeness (QED) is 0.715. The highest BCUT2D eigenvalue weighted by atomic mass is 19.3. The molecule has 2 rings (SSSR count). The van der Waals surface area contributed by atoms with E-state index in [9.17, 15) is 18.4 Å². The molecule has 3 atom stereocenters. The van der Waals surface area contributed by atoms with Crippen molar-refractivity contribution in [3.63, 3.8) is 0 Å². The molecule has 6 nitrogen and oxygen atoms in total. The van der Waals surface area contributed by atoms with Crippen molar-refractivity contribution in [3.05, 3.63) is 35.4 Å². The van der Waals surface area contributed by atoms with E-state index in [0.717, 1.165) is 5.56 Å². The molecule has 0 saturated carbocycles. The van der Waals surface area contributed by atoms with Crippen LogP contribution in [0.1, 0.15) is 43.9 Å². The van der Waals surface area contributed by atoms with Crippen molar-refractivity contribution in [3.8, 4) is 0 Å². The van der Waals surface area contributed by atoms with E-state index >= 15 is 0 Å². The summed E-state index contributed by atoms with van der Waals surface area (Å²) in [5, 5.41) is 8.78. The lowest BCUT2D eigenvalue weighted by Gasteiger charge is -2.35. The van der Waals surface area contributed by atoms with Crippen molar-refractivity contribution >= 4 is 11.8 Å².